The standard InChI is InChI=1S/C20H18ClN7O2S2/c1-30-15-5-2-13(3-6-15)9-23-19-26-27-20(32-19)31-10-18(29)25-16-8-14(21)4-7-17(16)28-12-22-11-24-28/h2-8,11-12H,9-10H2,1H3,(H,23,26)(H,25,29). The zero-order valence-corrected chi connectivity index (χ0v) is 19.2. The minimum absolute atomic E-state index is 0.177. The highest BCUT2D eigenvalue weighted by Gasteiger charge is 2.12. The summed E-state index contributed by atoms with van der Waals surface area (Å²) in [4.78, 5) is 16.4. The van der Waals surface area contributed by atoms with Gasteiger partial charge >= 0.3 is 0 Å². The van der Waals surface area contributed by atoms with Crippen molar-refractivity contribution in [2.45, 2.75) is 10.9 Å². The summed E-state index contributed by atoms with van der Waals surface area (Å²) in [6.07, 6.45) is 2.97. The second kappa shape index (κ2) is 10.4. The molecule has 0 bridgehead atoms. The minimum Gasteiger partial charge on any atom is -0.497 e. The molecule has 2 heterocycles. The summed E-state index contributed by atoms with van der Waals surface area (Å²) < 4.78 is 7.41. The van der Waals surface area contributed by atoms with E-state index < -0.39 is 0 Å². The molecular formula is C20H18ClN7O2S2. The first-order valence-electron chi connectivity index (χ1n) is 9.38. The number of hydrogen-bond acceptors (Lipinski definition) is 9. The van der Waals surface area contributed by atoms with Crippen molar-refractivity contribution in [1.29, 1.82) is 0 Å². The highest BCUT2D eigenvalue weighted by Crippen LogP contribution is 2.27. The van der Waals surface area contributed by atoms with Crippen LogP contribution in [0.15, 0.2) is 59.5 Å². The molecule has 2 N–H and O–H groups in total. The molecule has 0 fully saturated rings. The van der Waals surface area contributed by atoms with Gasteiger partial charge in [-0.25, -0.2) is 9.67 Å². The Morgan fingerprint density at radius 2 is 2.06 bits per heavy atom. The molecule has 0 aliphatic rings. The van der Waals surface area contributed by atoms with Gasteiger partial charge in [0.2, 0.25) is 11.0 Å². The fourth-order valence-corrected chi connectivity index (χ4v) is 4.43. The lowest BCUT2D eigenvalue weighted by atomic mass is 10.2. The summed E-state index contributed by atoms with van der Waals surface area (Å²) in [6.45, 7) is 0.615. The minimum atomic E-state index is -0.193. The zero-order chi connectivity index (χ0) is 22.3. The normalized spacial score (nSPS) is 10.7. The van der Waals surface area contributed by atoms with Gasteiger partial charge in [-0.05, 0) is 35.9 Å². The molecule has 4 aromatic rings. The van der Waals surface area contributed by atoms with Crippen LogP contribution in [0.4, 0.5) is 10.8 Å². The summed E-state index contributed by atoms with van der Waals surface area (Å²) in [5.74, 6) is 0.797. The predicted molar refractivity (Wildman–Crippen MR) is 126 cm³/mol. The Hall–Kier alpha value is -3.15. The van der Waals surface area contributed by atoms with E-state index in [-0.39, 0.29) is 11.7 Å². The zero-order valence-electron chi connectivity index (χ0n) is 16.9. The number of carbonyl (C=O) groups excluding carboxylic acids is 1. The summed E-state index contributed by atoms with van der Waals surface area (Å²) in [5.41, 5.74) is 2.32. The molecule has 0 aliphatic heterocycles. The van der Waals surface area contributed by atoms with Crippen molar-refractivity contribution in [2.24, 2.45) is 0 Å². The lowest BCUT2D eigenvalue weighted by molar-refractivity contribution is -0.113. The van der Waals surface area contributed by atoms with Crippen LogP contribution in [0.25, 0.3) is 5.69 Å². The van der Waals surface area contributed by atoms with Crippen LogP contribution in [0, 0.1) is 0 Å². The topological polar surface area (TPSA) is 107 Å². The fourth-order valence-electron chi connectivity index (χ4n) is 2.71. The number of ether oxygens (including phenoxy) is 1. The molecule has 0 atom stereocenters. The molecule has 0 spiro atoms. The maximum atomic E-state index is 12.5. The first-order chi connectivity index (χ1) is 15.6. The number of carbonyl (C=O) groups is 1. The highest BCUT2D eigenvalue weighted by molar-refractivity contribution is 8.01. The lowest BCUT2D eigenvalue weighted by Crippen LogP contribution is -2.16. The van der Waals surface area contributed by atoms with E-state index in [1.807, 2.05) is 24.3 Å². The van der Waals surface area contributed by atoms with E-state index in [9.17, 15) is 4.79 Å². The third-order valence-corrected chi connectivity index (χ3v) is 6.48. The molecule has 2 aromatic carbocycles. The molecule has 32 heavy (non-hydrogen) atoms. The van der Waals surface area contributed by atoms with Crippen LogP contribution in [0.3, 0.4) is 0 Å². The number of thioether (sulfide) groups is 1. The summed E-state index contributed by atoms with van der Waals surface area (Å²) in [7, 11) is 1.64. The Kier molecular flexibility index (Phi) is 7.20. The summed E-state index contributed by atoms with van der Waals surface area (Å²) in [5, 5.41) is 19.7. The monoisotopic (exact) mass is 487 g/mol. The Balaban J connectivity index is 1.30. The molecule has 4 rings (SSSR count). The predicted octanol–water partition coefficient (Wildman–Crippen LogP) is 4.12. The fraction of sp³-hybridized carbons (Fsp3) is 0.150. The van der Waals surface area contributed by atoms with Crippen LogP contribution < -0.4 is 15.4 Å². The van der Waals surface area contributed by atoms with E-state index in [1.165, 1.54) is 29.4 Å². The first kappa shape index (κ1) is 22.1. The van der Waals surface area contributed by atoms with Crippen molar-refractivity contribution in [2.75, 3.05) is 23.5 Å². The second-order valence-electron chi connectivity index (χ2n) is 6.41. The third kappa shape index (κ3) is 5.75. The van der Waals surface area contributed by atoms with Crippen molar-refractivity contribution >= 4 is 51.4 Å². The molecule has 164 valence electrons. The van der Waals surface area contributed by atoms with Gasteiger partial charge in [-0.3, -0.25) is 4.79 Å². The molecule has 0 aliphatic carbocycles. The van der Waals surface area contributed by atoms with E-state index in [4.69, 9.17) is 16.3 Å². The number of benzene rings is 2. The van der Waals surface area contributed by atoms with Crippen molar-refractivity contribution in [3.05, 3.63) is 65.7 Å². The van der Waals surface area contributed by atoms with Gasteiger partial charge in [-0.2, -0.15) is 5.10 Å². The van der Waals surface area contributed by atoms with Gasteiger partial charge in [-0.1, -0.05) is 46.8 Å². The van der Waals surface area contributed by atoms with Gasteiger partial charge in [0, 0.05) is 11.6 Å². The molecule has 12 heteroatoms. The molecule has 0 radical (unpaired) electrons. The molecule has 2 aromatic heterocycles. The first-order valence-corrected chi connectivity index (χ1v) is 11.6. The van der Waals surface area contributed by atoms with Crippen LogP contribution >= 0.6 is 34.7 Å². The van der Waals surface area contributed by atoms with Gasteiger partial charge in [-0.15, -0.1) is 10.2 Å². The van der Waals surface area contributed by atoms with E-state index >= 15 is 0 Å². The molecule has 0 saturated carbocycles. The smallest absolute Gasteiger partial charge is 0.234 e. The highest BCUT2D eigenvalue weighted by atomic mass is 35.5. The number of nitrogens with zero attached hydrogens (tertiary/aromatic N) is 5. The molecule has 1 amide bonds. The van der Waals surface area contributed by atoms with Crippen molar-refractivity contribution in [3.63, 3.8) is 0 Å². The molecule has 0 saturated heterocycles. The SMILES string of the molecule is COc1ccc(CNc2nnc(SCC(=O)Nc3cc(Cl)ccc3-n3cncn3)s2)cc1. The number of nitrogens with one attached hydrogen (secondary N) is 2. The lowest BCUT2D eigenvalue weighted by Gasteiger charge is -2.11. The summed E-state index contributed by atoms with van der Waals surface area (Å²) in [6, 6.07) is 13.0. The van der Waals surface area contributed by atoms with Gasteiger partial charge in [0.15, 0.2) is 4.34 Å². The number of methoxy groups -OCH3 is 1. The van der Waals surface area contributed by atoms with E-state index in [2.05, 4.69) is 30.9 Å². The van der Waals surface area contributed by atoms with Gasteiger partial charge in [0.25, 0.3) is 0 Å². The van der Waals surface area contributed by atoms with Crippen LogP contribution in [0.5, 0.6) is 5.75 Å². The van der Waals surface area contributed by atoms with Crippen LogP contribution in [0.1, 0.15) is 5.56 Å². The van der Waals surface area contributed by atoms with Crippen LogP contribution in [-0.4, -0.2) is 43.7 Å². The van der Waals surface area contributed by atoms with Crippen LogP contribution in [0.2, 0.25) is 5.02 Å². The molecule has 9 nitrogen and oxygen atoms in total. The number of aromatic nitrogens is 5. The number of rotatable bonds is 9. The second-order valence-corrected chi connectivity index (χ2v) is 9.05. The van der Waals surface area contributed by atoms with E-state index in [1.54, 1.807) is 36.3 Å². The number of amides is 1. The average molecular weight is 488 g/mol. The number of halogens is 1. The number of anilines is 2. The van der Waals surface area contributed by atoms with Crippen molar-refractivity contribution in [3.8, 4) is 11.4 Å². The van der Waals surface area contributed by atoms with Crippen LogP contribution in [-0.2, 0) is 11.3 Å². The summed E-state index contributed by atoms with van der Waals surface area (Å²) >= 11 is 8.80. The number of hydrogen-bond donors (Lipinski definition) is 2. The average Bonchev–Trinajstić information content (AvgIpc) is 3.49. The van der Waals surface area contributed by atoms with E-state index in [0.29, 0.717) is 32.4 Å². The molecule has 0 unspecified atom stereocenters. The Labute approximate surface area is 197 Å². The van der Waals surface area contributed by atoms with Crippen molar-refractivity contribution < 1.29 is 9.53 Å². The van der Waals surface area contributed by atoms with Gasteiger partial charge in [0.05, 0.1) is 24.2 Å². The van der Waals surface area contributed by atoms with Crippen molar-refractivity contribution in [1.82, 2.24) is 25.0 Å². The Morgan fingerprint density at radius 3 is 2.81 bits per heavy atom. The Bertz CT molecular complexity index is 1180. The van der Waals surface area contributed by atoms with Gasteiger partial charge in [0.1, 0.15) is 18.4 Å². The van der Waals surface area contributed by atoms with Gasteiger partial charge < -0.3 is 15.4 Å². The maximum absolute atomic E-state index is 12.5. The maximum Gasteiger partial charge on any atom is 0.234 e. The van der Waals surface area contributed by atoms with E-state index in [0.717, 1.165) is 11.3 Å². The third-order valence-electron chi connectivity index (χ3n) is 4.23. The quantitative estimate of drug-likeness (QED) is 0.339. The molecular weight excluding hydrogens is 470 g/mol. The largest absolute Gasteiger partial charge is 0.497 e. The Morgan fingerprint density at radius 1 is 1.22 bits per heavy atom.